The zero-order valence-corrected chi connectivity index (χ0v) is 10.1. The highest BCUT2D eigenvalue weighted by atomic mass is 32.1. The van der Waals surface area contributed by atoms with E-state index >= 15 is 0 Å². The fraction of sp³-hybridized carbons (Fsp3) is 0.250. The van der Waals surface area contributed by atoms with Crippen molar-refractivity contribution in [3.05, 3.63) is 40.9 Å². The number of hydrogen-bond donors (Lipinski definition) is 2. The average molecular weight is 233 g/mol. The molecule has 0 unspecified atom stereocenters. The molecule has 0 saturated heterocycles. The lowest BCUT2D eigenvalue weighted by Crippen LogP contribution is -2.01. The van der Waals surface area contributed by atoms with Crippen LogP contribution in [-0.2, 0) is 13.0 Å². The van der Waals surface area contributed by atoms with Crippen LogP contribution in [0.5, 0.6) is 0 Å². The van der Waals surface area contributed by atoms with Crippen LogP contribution in [0.15, 0.2) is 29.6 Å². The summed E-state index contributed by atoms with van der Waals surface area (Å²) in [5, 5.41) is 6.31. The van der Waals surface area contributed by atoms with E-state index in [0.29, 0.717) is 6.54 Å². The first-order valence-corrected chi connectivity index (χ1v) is 6.21. The number of nitrogens with two attached hydrogens (primary N) is 1. The largest absolute Gasteiger partial charge is 0.331 e. The van der Waals surface area contributed by atoms with Gasteiger partial charge in [-0.3, -0.25) is 0 Å². The molecule has 0 aliphatic heterocycles. The predicted molar refractivity (Wildman–Crippen MR) is 69.1 cm³/mol. The predicted octanol–water partition coefficient (Wildman–Crippen LogP) is 2.91. The number of thiazole rings is 1. The summed E-state index contributed by atoms with van der Waals surface area (Å²) in [4.78, 5) is 4.47. The van der Waals surface area contributed by atoms with E-state index in [0.717, 1.165) is 28.5 Å². The summed E-state index contributed by atoms with van der Waals surface area (Å²) in [6.07, 6.45) is 0.969. The van der Waals surface area contributed by atoms with Crippen molar-refractivity contribution in [2.45, 2.75) is 19.9 Å². The molecule has 16 heavy (non-hydrogen) atoms. The molecule has 0 aliphatic carbocycles. The van der Waals surface area contributed by atoms with E-state index in [9.17, 15) is 0 Å². The Morgan fingerprint density at radius 1 is 1.38 bits per heavy atom. The molecular weight excluding hydrogens is 218 g/mol. The van der Waals surface area contributed by atoms with E-state index < -0.39 is 0 Å². The topological polar surface area (TPSA) is 50.9 Å². The summed E-state index contributed by atoms with van der Waals surface area (Å²) in [6, 6.07) is 8.04. The standard InChI is InChI=1S/C12H15N3S/c1-2-10-8-16-12(14-10)15-11-6-4-3-5-9(11)7-13/h3-6,8H,2,7,13H2,1H3,(H,14,15). The molecule has 4 heteroatoms. The van der Waals surface area contributed by atoms with Crippen LogP contribution in [0.1, 0.15) is 18.2 Å². The second-order valence-electron chi connectivity index (χ2n) is 3.48. The lowest BCUT2D eigenvalue weighted by Gasteiger charge is -2.07. The van der Waals surface area contributed by atoms with Gasteiger partial charge in [0.15, 0.2) is 5.13 Å². The molecule has 0 amide bonds. The molecule has 0 fully saturated rings. The zero-order chi connectivity index (χ0) is 11.4. The third-order valence-electron chi connectivity index (χ3n) is 2.39. The summed E-state index contributed by atoms with van der Waals surface area (Å²) in [5.74, 6) is 0. The summed E-state index contributed by atoms with van der Waals surface area (Å²) in [5.41, 5.74) is 8.95. The van der Waals surface area contributed by atoms with Gasteiger partial charge in [0.1, 0.15) is 0 Å². The molecule has 0 spiro atoms. The first-order valence-electron chi connectivity index (χ1n) is 5.33. The van der Waals surface area contributed by atoms with Gasteiger partial charge in [-0.2, -0.15) is 0 Å². The monoisotopic (exact) mass is 233 g/mol. The molecule has 2 rings (SSSR count). The molecule has 3 nitrogen and oxygen atoms in total. The number of rotatable bonds is 4. The summed E-state index contributed by atoms with van der Waals surface area (Å²) in [6.45, 7) is 2.64. The van der Waals surface area contributed by atoms with E-state index in [1.807, 2.05) is 24.3 Å². The molecule has 0 bridgehead atoms. The van der Waals surface area contributed by atoms with Crippen molar-refractivity contribution in [1.82, 2.24) is 4.98 Å². The second-order valence-corrected chi connectivity index (χ2v) is 4.34. The van der Waals surface area contributed by atoms with Crippen LogP contribution in [-0.4, -0.2) is 4.98 Å². The Labute approximate surface area is 99.3 Å². The van der Waals surface area contributed by atoms with Crippen LogP contribution in [0, 0.1) is 0 Å². The van der Waals surface area contributed by atoms with E-state index in [-0.39, 0.29) is 0 Å². The molecule has 1 aromatic carbocycles. The van der Waals surface area contributed by atoms with Gasteiger partial charge in [0.2, 0.25) is 0 Å². The van der Waals surface area contributed by atoms with Crippen LogP contribution in [0.25, 0.3) is 0 Å². The van der Waals surface area contributed by atoms with Crippen molar-refractivity contribution < 1.29 is 0 Å². The molecular formula is C12H15N3S. The number of aromatic nitrogens is 1. The quantitative estimate of drug-likeness (QED) is 0.853. The second kappa shape index (κ2) is 5.09. The van der Waals surface area contributed by atoms with Crippen molar-refractivity contribution in [2.75, 3.05) is 5.32 Å². The minimum absolute atomic E-state index is 0.537. The zero-order valence-electron chi connectivity index (χ0n) is 9.23. The first kappa shape index (κ1) is 11.1. The third kappa shape index (κ3) is 2.40. The minimum atomic E-state index is 0.537. The highest BCUT2D eigenvalue weighted by Crippen LogP contribution is 2.23. The highest BCUT2D eigenvalue weighted by Gasteiger charge is 2.03. The normalized spacial score (nSPS) is 10.4. The minimum Gasteiger partial charge on any atom is -0.331 e. The third-order valence-corrected chi connectivity index (χ3v) is 3.20. The lowest BCUT2D eigenvalue weighted by molar-refractivity contribution is 1.06. The maximum absolute atomic E-state index is 5.68. The number of benzene rings is 1. The van der Waals surface area contributed by atoms with E-state index in [1.165, 1.54) is 0 Å². The number of hydrogen-bond acceptors (Lipinski definition) is 4. The maximum Gasteiger partial charge on any atom is 0.187 e. The number of nitrogens with zero attached hydrogens (tertiary/aromatic N) is 1. The van der Waals surface area contributed by atoms with Crippen molar-refractivity contribution >= 4 is 22.2 Å². The van der Waals surface area contributed by atoms with Gasteiger partial charge in [-0.25, -0.2) is 4.98 Å². The van der Waals surface area contributed by atoms with Crippen molar-refractivity contribution in [3.63, 3.8) is 0 Å². The Morgan fingerprint density at radius 2 is 2.19 bits per heavy atom. The molecule has 84 valence electrons. The molecule has 2 aromatic rings. The van der Waals surface area contributed by atoms with Crippen LogP contribution in [0.2, 0.25) is 0 Å². The molecule has 1 heterocycles. The Bertz CT molecular complexity index is 465. The van der Waals surface area contributed by atoms with Crippen LogP contribution in [0.4, 0.5) is 10.8 Å². The molecule has 1 aromatic heterocycles. The van der Waals surface area contributed by atoms with Crippen molar-refractivity contribution in [2.24, 2.45) is 5.73 Å². The molecule has 0 atom stereocenters. The first-order chi connectivity index (χ1) is 7.83. The van der Waals surface area contributed by atoms with Crippen molar-refractivity contribution in [3.8, 4) is 0 Å². The number of aryl methyl sites for hydroxylation is 1. The fourth-order valence-electron chi connectivity index (χ4n) is 1.46. The van der Waals surface area contributed by atoms with Gasteiger partial charge < -0.3 is 11.1 Å². The van der Waals surface area contributed by atoms with Crippen LogP contribution in [0.3, 0.4) is 0 Å². The van der Waals surface area contributed by atoms with Gasteiger partial charge in [0.05, 0.1) is 5.69 Å². The number of para-hydroxylation sites is 1. The molecule has 3 N–H and O–H groups in total. The Balaban J connectivity index is 2.19. The van der Waals surface area contributed by atoms with E-state index in [4.69, 9.17) is 5.73 Å². The highest BCUT2D eigenvalue weighted by molar-refractivity contribution is 7.13. The van der Waals surface area contributed by atoms with Gasteiger partial charge in [-0.15, -0.1) is 11.3 Å². The Hall–Kier alpha value is -1.39. The fourth-order valence-corrected chi connectivity index (χ4v) is 2.27. The smallest absolute Gasteiger partial charge is 0.187 e. The maximum atomic E-state index is 5.68. The van der Waals surface area contributed by atoms with Crippen LogP contribution < -0.4 is 11.1 Å². The molecule has 0 radical (unpaired) electrons. The summed E-state index contributed by atoms with van der Waals surface area (Å²) < 4.78 is 0. The summed E-state index contributed by atoms with van der Waals surface area (Å²) >= 11 is 1.63. The van der Waals surface area contributed by atoms with Gasteiger partial charge in [0, 0.05) is 17.6 Å². The lowest BCUT2D eigenvalue weighted by atomic mass is 10.2. The van der Waals surface area contributed by atoms with Gasteiger partial charge in [0.25, 0.3) is 0 Å². The summed E-state index contributed by atoms with van der Waals surface area (Å²) in [7, 11) is 0. The van der Waals surface area contributed by atoms with Gasteiger partial charge in [-0.05, 0) is 18.1 Å². The Morgan fingerprint density at radius 3 is 2.88 bits per heavy atom. The SMILES string of the molecule is CCc1csc(Nc2ccccc2CN)n1. The van der Waals surface area contributed by atoms with Crippen molar-refractivity contribution in [1.29, 1.82) is 0 Å². The number of anilines is 2. The van der Waals surface area contributed by atoms with Gasteiger partial charge >= 0.3 is 0 Å². The molecule has 0 aliphatic rings. The molecule has 0 saturated carbocycles. The van der Waals surface area contributed by atoms with E-state index in [2.05, 4.69) is 22.6 Å². The van der Waals surface area contributed by atoms with Gasteiger partial charge in [-0.1, -0.05) is 25.1 Å². The number of nitrogens with one attached hydrogen (secondary N) is 1. The van der Waals surface area contributed by atoms with E-state index in [1.54, 1.807) is 11.3 Å². The Kier molecular flexibility index (Phi) is 3.54. The van der Waals surface area contributed by atoms with Crippen LogP contribution >= 0.6 is 11.3 Å². The average Bonchev–Trinajstić information content (AvgIpc) is 2.77.